The summed E-state index contributed by atoms with van der Waals surface area (Å²) in [6, 6.07) is 29.5. The fraction of sp³-hybridized carbons (Fsp3) is 0.121. The number of hydrogen-bond acceptors (Lipinski definition) is 2. The van der Waals surface area contributed by atoms with E-state index in [1.807, 2.05) is 6.20 Å². The van der Waals surface area contributed by atoms with E-state index in [0.29, 0.717) is 0 Å². The zero-order chi connectivity index (χ0) is 22.7. The third-order valence-corrected chi connectivity index (χ3v) is 8.59. The van der Waals surface area contributed by atoms with Crippen LogP contribution in [0.4, 0.5) is 17.2 Å². The Morgan fingerprint density at radius 3 is 2.20 bits per heavy atom. The lowest BCUT2D eigenvalue weighted by molar-refractivity contribution is 0.967. The fourth-order valence-corrected chi connectivity index (χ4v) is 7.17. The molecule has 2 aliphatic heterocycles. The molecular formula is C33H22N2. The molecule has 9 rings (SSSR count). The van der Waals surface area contributed by atoms with Crippen LogP contribution in [-0.4, -0.2) is 4.98 Å². The Labute approximate surface area is 204 Å². The molecule has 0 atom stereocenters. The molecule has 0 spiro atoms. The maximum absolute atomic E-state index is 4.94. The first-order valence-electron chi connectivity index (χ1n) is 12.6. The molecule has 0 amide bonds. The lowest BCUT2D eigenvalue weighted by Crippen LogP contribution is -2.27. The van der Waals surface area contributed by atoms with Gasteiger partial charge in [0.2, 0.25) is 0 Å². The van der Waals surface area contributed by atoms with Crippen molar-refractivity contribution >= 4 is 17.2 Å². The van der Waals surface area contributed by atoms with Crippen molar-refractivity contribution in [3.05, 3.63) is 130 Å². The van der Waals surface area contributed by atoms with Crippen LogP contribution in [-0.2, 0) is 25.7 Å². The third kappa shape index (κ3) is 2.23. The second-order valence-corrected chi connectivity index (χ2v) is 10.3. The smallest absolute Gasteiger partial charge is 0.141 e. The summed E-state index contributed by atoms with van der Waals surface area (Å²) in [6.45, 7) is 0. The molecule has 0 saturated heterocycles. The van der Waals surface area contributed by atoms with E-state index in [-0.39, 0.29) is 0 Å². The quantitative estimate of drug-likeness (QED) is 0.240. The van der Waals surface area contributed by atoms with E-state index in [4.69, 9.17) is 4.98 Å². The molecule has 35 heavy (non-hydrogen) atoms. The number of rotatable bonds is 0. The monoisotopic (exact) mass is 446 g/mol. The molecule has 0 saturated carbocycles. The van der Waals surface area contributed by atoms with Gasteiger partial charge in [0, 0.05) is 19.0 Å². The van der Waals surface area contributed by atoms with Gasteiger partial charge >= 0.3 is 0 Å². The maximum Gasteiger partial charge on any atom is 0.141 e. The van der Waals surface area contributed by atoms with Crippen molar-refractivity contribution in [1.82, 2.24) is 4.98 Å². The summed E-state index contributed by atoms with van der Waals surface area (Å²) in [4.78, 5) is 7.43. The van der Waals surface area contributed by atoms with Crippen LogP contribution in [0.15, 0.2) is 85.1 Å². The van der Waals surface area contributed by atoms with Crippen LogP contribution in [0.5, 0.6) is 0 Å². The molecule has 5 aromatic rings. The zero-order valence-corrected chi connectivity index (χ0v) is 19.3. The van der Waals surface area contributed by atoms with Crippen molar-refractivity contribution in [1.29, 1.82) is 0 Å². The van der Waals surface area contributed by atoms with Gasteiger partial charge in [-0.15, -0.1) is 0 Å². The Kier molecular flexibility index (Phi) is 3.27. The topological polar surface area (TPSA) is 16.1 Å². The van der Waals surface area contributed by atoms with Crippen molar-refractivity contribution < 1.29 is 0 Å². The van der Waals surface area contributed by atoms with Gasteiger partial charge in [-0.1, -0.05) is 60.7 Å². The van der Waals surface area contributed by atoms with E-state index in [9.17, 15) is 0 Å². The molecule has 4 aliphatic rings. The largest absolute Gasteiger partial charge is 0.294 e. The molecule has 4 aromatic carbocycles. The van der Waals surface area contributed by atoms with Crippen LogP contribution in [0.2, 0.25) is 0 Å². The van der Waals surface area contributed by atoms with Crippen molar-refractivity contribution in [3.8, 4) is 22.3 Å². The molecule has 1 aromatic heterocycles. The zero-order valence-electron chi connectivity index (χ0n) is 19.3. The molecule has 0 fully saturated rings. The molecule has 0 N–H and O–H groups in total. The standard InChI is InChI=1S/C33H22N2/c1-3-9-24-20(7-1)15-27-26(24)17-23-18-29-30(12-11-21-14-19-6-2-4-10-25(19)31(21)29)35-32(23)28(27)16-22-8-5-13-34-33(22)35/h1-13,17H,14-16,18H2. The van der Waals surface area contributed by atoms with Gasteiger partial charge in [-0.2, -0.15) is 0 Å². The van der Waals surface area contributed by atoms with Crippen LogP contribution in [0.1, 0.15) is 44.5 Å². The van der Waals surface area contributed by atoms with Gasteiger partial charge in [-0.25, -0.2) is 4.98 Å². The summed E-state index contributed by atoms with van der Waals surface area (Å²) in [5.74, 6) is 1.10. The molecule has 2 heteroatoms. The average Bonchev–Trinajstić information content (AvgIpc) is 3.47. The number of benzene rings is 4. The van der Waals surface area contributed by atoms with Gasteiger partial charge in [0.15, 0.2) is 0 Å². The molecular weight excluding hydrogens is 424 g/mol. The molecule has 0 unspecified atom stereocenters. The van der Waals surface area contributed by atoms with E-state index in [1.54, 1.807) is 0 Å². The number of anilines is 3. The molecule has 2 nitrogen and oxygen atoms in total. The molecule has 0 bridgehead atoms. The van der Waals surface area contributed by atoms with Crippen molar-refractivity contribution in [3.63, 3.8) is 0 Å². The number of fused-ring (bicyclic) bond motifs is 12. The van der Waals surface area contributed by atoms with Crippen LogP contribution >= 0.6 is 0 Å². The van der Waals surface area contributed by atoms with E-state index in [0.717, 1.165) is 31.5 Å². The predicted molar refractivity (Wildman–Crippen MR) is 141 cm³/mol. The van der Waals surface area contributed by atoms with Crippen LogP contribution < -0.4 is 4.90 Å². The lowest BCUT2D eigenvalue weighted by Gasteiger charge is -2.40. The Morgan fingerprint density at radius 1 is 0.543 bits per heavy atom. The molecule has 0 radical (unpaired) electrons. The fourth-order valence-electron chi connectivity index (χ4n) is 7.17. The summed E-state index contributed by atoms with van der Waals surface area (Å²) >= 11 is 0. The maximum atomic E-state index is 4.94. The number of nitrogens with zero attached hydrogens (tertiary/aromatic N) is 2. The second kappa shape index (κ2) is 6.28. The van der Waals surface area contributed by atoms with Gasteiger partial charge in [-0.3, -0.25) is 4.90 Å². The second-order valence-electron chi connectivity index (χ2n) is 10.3. The Hall–Kier alpha value is -4.17. The summed E-state index contributed by atoms with van der Waals surface area (Å²) < 4.78 is 0. The summed E-state index contributed by atoms with van der Waals surface area (Å²) in [7, 11) is 0. The summed E-state index contributed by atoms with van der Waals surface area (Å²) in [5, 5.41) is 0. The van der Waals surface area contributed by atoms with Crippen LogP contribution in [0.25, 0.3) is 22.3 Å². The molecule has 164 valence electrons. The Bertz CT molecular complexity index is 1760. The first-order chi connectivity index (χ1) is 17.3. The molecule has 2 aliphatic carbocycles. The number of pyridine rings is 1. The van der Waals surface area contributed by atoms with Gasteiger partial charge < -0.3 is 0 Å². The van der Waals surface area contributed by atoms with Crippen molar-refractivity contribution in [2.24, 2.45) is 0 Å². The Morgan fingerprint density at radius 2 is 1.29 bits per heavy atom. The minimum Gasteiger partial charge on any atom is -0.294 e. The normalized spacial score (nSPS) is 14.9. The van der Waals surface area contributed by atoms with Gasteiger partial charge in [0.1, 0.15) is 5.82 Å². The first-order valence-corrected chi connectivity index (χ1v) is 12.6. The van der Waals surface area contributed by atoms with Crippen molar-refractivity contribution in [2.45, 2.75) is 25.7 Å². The first kappa shape index (κ1) is 18.2. The summed E-state index contributed by atoms with van der Waals surface area (Å²) in [6.07, 6.45) is 5.94. The highest BCUT2D eigenvalue weighted by atomic mass is 15.2. The highest BCUT2D eigenvalue weighted by Gasteiger charge is 2.38. The average molecular weight is 447 g/mol. The number of hydrogen-bond donors (Lipinski definition) is 0. The highest BCUT2D eigenvalue weighted by Crippen LogP contribution is 2.56. The predicted octanol–water partition coefficient (Wildman–Crippen LogP) is 7.50. The SMILES string of the molecule is c1ccc2c(c1)Cc1c-2cc2c3c1Cc1cccnc1N3c1ccc3c(c1C2)-c1ccccc1C3. The minimum atomic E-state index is 0.961. The van der Waals surface area contributed by atoms with E-state index < -0.39 is 0 Å². The van der Waals surface area contributed by atoms with E-state index in [1.165, 1.54) is 78.1 Å². The molecule has 3 heterocycles. The van der Waals surface area contributed by atoms with Gasteiger partial charge in [-0.05, 0) is 97.8 Å². The van der Waals surface area contributed by atoms with E-state index >= 15 is 0 Å². The van der Waals surface area contributed by atoms with Gasteiger partial charge in [0.05, 0.1) is 11.4 Å². The highest BCUT2D eigenvalue weighted by molar-refractivity contribution is 5.96. The van der Waals surface area contributed by atoms with Crippen LogP contribution in [0.3, 0.4) is 0 Å². The third-order valence-electron chi connectivity index (χ3n) is 8.59. The summed E-state index contributed by atoms with van der Waals surface area (Å²) in [5.41, 5.74) is 20.0. The van der Waals surface area contributed by atoms with Crippen molar-refractivity contribution in [2.75, 3.05) is 4.90 Å². The van der Waals surface area contributed by atoms with Gasteiger partial charge in [0.25, 0.3) is 0 Å². The minimum absolute atomic E-state index is 0.961. The lowest BCUT2D eigenvalue weighted by atomic mass is 9.81. The van der Waals surface area contributed by atoms with Crippen LogP contribution in [0, 0.1) is 0 Å². The van der Waals surface area contributed by atoms with E-state index in [2.05, 4.69) is 83.8 Å². The Balaban J connectivity index is 1.37. The number of aromatic nitrogens is 1.